The SMILES string of the molecule is COc1ccc(C(CC(C)(C)C)C(=O)OC(C)C)c(F)c1. The summed E-state index contributed by atoms with van der Waals surface area (Å²) in [6, 6.07) is 4.57. The molecule has 1 aromatic rings. The maximum atomic E-state index is 14.3. The minimum Gasteiger partial charge on any atom is -0.497 e. The summed E-state index contributed by atoms with van der Waals surface area (Å²) >= 11 is 0. The second-order valence-electron chi connectivity index (χ2n) is 6.69. The van der Waals surface area contributed by atoms with E-state index >= 15 is 0 Å². The van der Waals surface area contributed by atoms with E-state index in [0.717, 1.165) is 0 Å². The third-order valence-electron chi connectivity index (χ3n) is 3.04. The molecule has 21 heavy (non-hydrogen) atoms. The molecule has 0 radical (unpaired) electrons. The van der Waals surface area contributed by atoms with Crippen LogP contribution >= 0.6 is 0 Å². The predicted octanol–water partition coefficient (Wildman–Crippen LogP) is 4.31. The van der Waals surface area contributed by atoms with Gasteiger partial charge in [-0.1, -0.05) is 26.8 Å². The van der Waals surface area contributed by atoms with Gasteiger partial charge in [0.1, 0.15) is 11.6 Å². The van der Waals surface area contributed by atoms with E-state index in [4.69, 9.17) is 9.47 Å². The van der Waals surface area contributed by atoms with Crippen LogP contribution in [-0.4, -0.2) is 19.2 Å². The summed E-state index contributed by atoms with van der Waals surface area (Å²) in [7, 11) is 1.48. The van der Waals surface area contributed by atoms with Crippen LogP contribution in [0.15, 0.2) is 18.2 Å². The number of hydrogen-bond donors (Lipinski definition) is 0. The van der Waals surface area contributed by atoms with Crippen molar-refractivity contribution >= 4 is 5.97 Å². The van der Waals surface area contributed by atoms with E-state index in [2.05, 4.69) is 0 Å². The van der Waals surface area contributed by atoms with Gasteiger partial charge >= 0.3 is 5.97 Å². The van der Waals surface area contributed by atoms with Crippen LogP contribution in [0.3, 0.4) is 0 Å². The quantitative estimate of drug-likeness (QED) is 0.760. The van der Waals surface area contributed by atoms with Crippen molar-refractivity contribution in [2.75, 3.05) is 7.11 Å². The zero-order valence-corrected chi connectivity index (χ0v) is 13.7. The van der Waals surface area contributed by atoms with E-state index in [1.54, 1.807) is 26.0 Å². The third-order valence-corrected chi connectivity index (χ3v) is 3.04. The summed E-state index contributed by atoms with van der Waals surface area (Å²) in [4.78, 5) is 12.3. The molecule has 1 unspecified atom stereocenters. The molecule has 0 aliphatic carbocycles. The summed E-state index contributed by atoms with van der Waals surface area (Å²) in [6.45, 7) is 9.63. The van der Waals surface area contributed by atoms with Crippen molar-refractivity contribution in [2.45, 2.75) is 53.1 Å². The van der Waals surface area contributed by atoms with Crippen molar-refractivity contribution in [3.05, 3.63) is 29.6 Å². The predicted molar refractivity (Wildman–Crippen MR) is 81.0 cm³/mol. The Morgan fingerprint density at radius 1 is 1.29 bits per heavy atom. The van der Waals surface area contributed by atoms with Crippen LogP contribution in [-0.2, 0) is 9.53 Å². The Morgan fingerprint density at radius 2 is 1.90 bits per heavy atom. The molecule has 0 saturated carbocycles. The van der Waals surface area contributed by atoms with E-state index < -0.39 is 11.7 Å². The van der Waals surface area contributed by atoms with Gasteiger partial charge in [0.2, 0.25) is 0 Å². The minimum atomic E-state index is -0.613. The molecule has 0 N–H and O–H groups in total. The highest BCUT2D eigenvalue weighted by molar-refractivity contribution is 5.78. The number of ether oxygens (including phenoxy) is 2. The van der Waals surface area contributed by atoms with Crippen molar-refractivity contribution < 1.29 is 18.7 Å². The first kappa shape index (κ1) is 17.5. The van der Waals surface area contributed by atoms with E-state index in [1.807, 2.05) is 20.8 Å². The minimum absolute atomic E-state index is 0.118. The van der Waals surface area contributed by atoms with Crippen LogP contribution in [0, 0.1) is 11.2 Å². The fourth-order valence-electron chi connectivity index (χ4n) is 2.16. The Hall–Kier alpha value is -1.58. The number of esters is 1. The first-order chi connectivity index (χ1) is 9.64. The maximum absolute atomic E-state index is 14.3. The maximum Gasteiger partial charge on any atom is 0.313 e. The normalized spacial score (nSPS) is 13.1. The average molecular weight is 296 g/mol. The lowest BCUT2D eigenvalue weighted by Crippen LogP contribution is -2.24. The first-order valence-electron chi connectivity index (χ1n) is 7.18. The van der Waals surface area contributed by atoms with Crippen molar-refractivity contribution in [1.82, 2.24) is 0 Å². The average Bonchev–Trinajstić information content (AvgIpc) is 2.34. The fourth-order valence-corrected chi connectivity index (χ4v) is 2.16. The number of benzene rings is 1. The van der Waals surface area contributed by atoms with Gasteiger partial charge in [0.25, 0.3) is 0 Å². The lowest BCUT2D eigenvalue weighted by molar-refractivity contribution is -0.150. The van der Waals surface area contributed by atoms with Gasteiger partial charge in [-0.2, -0.15) is 0 Å². The van der Waals surface area contributed by atoms with E-state index in [0.29, 0.717) is 17.7 Å². The van der Waals surface area contributed by atoms with Gasteiger partial charge in [-0.25, -0.2) is 4.39 Å². The van der Waals surface area contributed by atoms with Crippen molar-refractivity contribution in [3.63, 3.8) is 0 Å². The molecular formula is C17H25FO3. The summed E-state index contributed by atoms with van der Waals surface area (Å²) < 4.78 is 24.6. The topological polar surface area (TPSA) is 35.5 Å². The standard InChI is InChI=1S/C17H25FO3/c1-11(2)21-16(19)14(10-17(3,4)5)13-8-7-12(20-6)9-15(13)18/h7-9,11,14H,10H2,1-6H3. The molecule has 0 fully saturated rings. The molecular weight excluding hydrogens is 271 g/mol. The molecule has 4 heteroatoms. The molecule has 0 aromatic heterocycles. The van der Waals surface area contributed by atoms with E-state index in [9.17, 15) is 9.18 Å². The van der Waals surface area contributed by atoms with Gasteiger partial charge in [0.05, 0.1) is 19.1 Å². The molecule has 0 bridgehead atoms. The molecule has 1 aromatic carbocycles. The smallest absolute Gasteiger partial charge is 0.313 e. The van der Waals surface area contributed by atoms with Gasteiger partial charge in [-0.15, -0.1) is 0 Å². The second-order valence-corrected chi connectivity index (χ2v) is 6.69. The lowest BCUT2D eigenvalue weighted by Gasteiger charge is -2.26. The second kappa shape index (κ2) is 6.92. The fraction of sp³-hybridized carbons (Fsp3) is 0.588. The number of halogens is 1. The highest BCUT2D eigenvalue weighted by atomic mass is 19.1. The third kappa shape index (κ3) is 5.37. The highest BCUT2D eigenvalue weighted by Gasteiger charge is 2.30. The van der Waals surface area contributed by atoms with Crippen LogP contribution in [0.5, 0.6) is 5.75 Å². The Morgan fingerprint density at radius 3 is 2.33 bits per heavy atom. The number of carbonyl (C=O) groups excluding carboxylic acids is 1. The molecule has 1 atom stereocenters. The highest BCUT2D eigenvalue weighted by Crippen LogP contribution is 2.34. The summed E-state index contributed by atoms with van der Waals surface area (Å²) in [6.07, 6.45) is 0.295. The lowest BCUT2D eigenvalue weighted by atomic mass is 9.81. The summed E-state index contributed by atoms with van der Waals surface area (Å²) in [5, 5.41) is 0. The Kier molecular flexibility index (Phi) is 5.76. The van der Waals surface area contributed by atoms with Gasteiger partial charge in [0, 0.05) is 11.6 Å². The molecule has 118 valence electrons. The molecule has 1 rings (SSSR count). The van der Waals surface area contributed by atoms with Crippen molar-refractivity contribution in [1.29, 1.82) is 0 Å². The summed E-state index contributed by atoms with van der Waals surface area (Å²) in [5.41, 5.74) is 0.240. The molecule has 0 amide bonds. The van der Waals surface area contributed by atoms with Crippen LogP contribution in [0.25, 0.3) is 0 Å². The van der Waals surface area contributed by atoms with Crippen LogP contribution in [0.2, 0.25) is 0 Å². The molecule has 3 nitrogen and oxygen atoms in total. The molecule has 0 saturated heterocycles. The van der Waals surface area contributed by atoms with Gasteiger partial charge in [0.15, 0.2) is 0 Å². The Labute approximate surface area is 126 Å². The Bertz CT molecular complexity index is 489. The largest absolute Gasteiger partial charge is 0.497 e. The van der Waals surface area contributed by atoms with Gasteiger partial charge in [-0.05, 0) is 31.7 Å². The monoisotopic (exact) mass is 296 g/mol. The number of hydrogen-bond acceptors (Lipinski definition) is 3. The number of carbonyl (C=O) groups is 1. The van der Waals surface area contributed by atoms with Gasteiger partial charge < -0.3 is 9.47 Å². The van der Waals surface area contributed by atoms with Crippen LogP contribution in [0.4, 0.5) is 4.39 Å². The Balaban J connectivity index is 3.14. The van der Waals surface area contributed by atoms with Crippen molar-refractivity contribution in [2.24, 2.45) is 5.41 Å². The molecule has 0 aliphatic heterocycles. The molecule has 0 heterocycles. The van der Waals surface area contributed by atoms with Crippen LogP contribution in [0.1, 0.15) is 52.5 Å². The summed E-state index contributed by atoms with van der Waals surface area (Å²) in [5.74, 6) is -1.01. The van der Waals surface area contributed by atoms with Crippen molar-refractivity contribution in [3.8, 4) is 5.75 Å². The van der Waals surface area contributed by atoms with Gasteiger partial charge in [-0.3, -0.25) is 4.79 Å². The molecule has 0 aliphatic rings. The molecule has 0 spiro atoms. The van der Waals surface area contributed by atoms with E-state index in [-0.39, 0.29) is 17.5 Å². The number of methoxy groups -OCH3 is 1. The zero-order valence-electron chi connectivity index (χ0n) is 13.7. The van der Waals surface area contributed by atoms with E-state index in [1.165, 1.54) is 13.2 Å². The van der Waals surface area contributed by atoms with Crippen LogP contribution < -0.4 is 4.74 Å². The first-order valence-corrected chi connectivity index (χ1v) is 7.18. The number of rotatable bonds is 5. The zero-order chi connectivity index (χ0) is 16.2.